The number of hydrogen-bond donors (Lipinski definition) is 2. The summed E-state index contributed by atoms with van der Waals surface area (Å²) in [5.74, 6) is -2.16. The fourth-order valence-corrected chi connectivity index (χ4v) is 2.66. The summed E-state index contributed by atoms with van der Waals surface area (Å²) in [5.41, 5.74) is 0.0640. The molecule has 2 aromatic rings. The van der Waals surface area contributed by atoms with Gasteiger partial charge < -0.3 is 15.4 Å². The number of nitro groups is 1. The Labute approximate surface area is 185 Å². The highest BCUT2D eigenvalue weighted by molar-refractivity contribution is 6.42. The predicted molar refractivity (Wildman–Crippen MR) is 111 cm³/mol. The lowest BCUT2D eigenvalue weighted by molar-refractivity contribution is -0.384. The molecule has 1 atom stereocenters. The molecular formula is C18H14Cl3N3O6. The van der Waals surface area contributed by atoms with Gasteiger partial charge in [-0.2, -0.15) is 0 Å². The average Bonchev–Trinajstić information content (AvgIpc) is 2.69. The van der Waals surface area contributed by atoms with Gasteiger partial charge in [0.1, 0.15) is 6.54 Å². The highest BCUT2D eigenvalue weighted by Crippen LogP contribution is 2.27. The van der Waals surface area contributed by atoms with Gasteiger partial charge in [0.15, 0.2) is 6.10 Å². The van der Waals surface area contributed by atoms with Gasteiger partial charge in [0, 0.05) is 17.7 Å². The van der Waals surface area contributed by atoms with Crippen molar-refractivity contribution in [3.63, 3.8) is 0 Å². The van der Waals surface area contributed by atoms with Gasteiger partial charge in [0.25, 0.3) is 17.5 Å². The van der Waals surface area contributed by atoms with Crippen molar-refractivity contribution in [3.05, 3.63) is 67.1 Å². The SMILES string of the molecule is CC(OC(=O)CNC(=O)c1ccc(Cl)c(Cl)c1)C(=O)Nc1ccc([N+](=O)[O-])cc1Cl. The molecule has 2 amide bonds. The van der Waals surface area contributed by atoms with E-state index < -0.39 is 35.4 Å². The van der Waals surface area contributed by atoms with Gasteiger partial charge >= 0.3 is 5.97 Å². The van der Waals surface area contributed by atoms with Crippen molar-refractivity contribution in [2.45, 2.75) is 13.0 Å². The van der Waals surface area contributed by atoms with Crippen molar-refractivity contribution in [2.75, 3.05) is 11.9 Å². The number of esters is 1. The van der Waals surface area contributed by atoms with E-state index in [1.807, 2.05) is 0 Å². The second-order valence-electron chi connectivity index (χ2n) is 5.85. The first-order chi connectivity index (χ1) is 14.1. The fraction of sp³-hybridized carbons (Fsp3) is 0.167. The first-order valence-corrected chi connectivity index (χ1v) is 9.39. The molecule has 12 heteroatoms. The van der Waals surface area contributed by atoms with E-state index in [2.05, 4.69) is 10.6 Å². The lowest BCUT2D eigenvalue weighted by atomic mass is 10.2. The highest BCUT2D eigenvalue weighted by Gasteiger charge is 2.20. The third-order valence-electron chi connectivity index (χ3n) is 3.67. The Morgan fingerprint density at radius 1 is 1.07 bits per heavy atom. The third kappa shape index (κ3) is 6.31. The fourth-order valence-electron chi connectivity index (χ4n) is 2.14. The third-order valence-corrected chi connectivity index (χ3v) is 4.73. The Balaban J connectivity index is 1.87. The molecule has 0 heterocycles. The van der Waals surface area contributed by atoms with Gasteiger partial charge in [0.2, 0.25) is 0 Å². The second kappa shape index (κ2) is 10.2. The van der Waals surface area contributed by atoms with Crippen molar-refractivity contribution >= 4 is 64.0 Å². The van der Waals surface area contributed by atoms with Gasteiger partial charge in [0.05, 0.1) is 25.7 Å². The summed E-state index contributed by atoms with van der Waals surface area (Å²) in [6, 6.07) is 7.70. The maximum atomic E-state index is 12.2. The van der Waals surface area contributed by atoms with Crippen LogP contribution in [0, 0.1) is 10.1 Å². The van der Waals surface area contributed by atoms with Crippen LogP contribution in [0.4, 0.5) is 11.4 Å². The minimum Gasteiger partial charge on any atom is -0.451 e. The van der Waals surface area contributed by atoms with Crippen LogP contribution in [0.3, 0.4) is 0 Å². The molecule has 0 aliphatic carbocycles. The normalized spacial score (nSPS) is 11.3. The van der Waals surface area contributed by atoms with E-state index in [-0.39, 0.29) is 32.0 Å². The van der Waals surface area contributed by atoms with E-state index in [9.17, 15) is 24.5 Å². The van der Waals surface area contributed by atoms with Crippen LogP contribution in [0.15, 0.2) is 36.4 Å². The number of anilines is 1. The molecule has 2 rings (SSSR count). The summed E-state index contributed by atoms with van der Waals surface area (Å²) in [6.45, 7) is 0.822. The summed E-state index contributed by atoms with van der Waals surface area (Å²) in [4.78, 5) is 46.1. The molecular weight excluding hydrogens is 461 g/mol. The Morgan fingerprint density at radius 2 is 1.77 bits per heavy atom. The number of nitrogens with zero attached hydrogens (tertiary/aromatic N) is 1. The largest absolute Gasteiger partial charge is 0.451 e. The van der Waals surface area contributed by atoms with E-state index in [1.165, 1.54) is 31.2 Å². The van der Waals surface area contributed by atoms with Crippen molar-refractivity contribution in [2.24, 2.45) is 0 Å². The highest BCUT2D eigenvalue weighted by atomic mass is 35.5. The maximum Gasteiger partial charge on any atom is 0.326 e. The molecule has 0 aliphatic rings. The Hall–Kier alpha value is -2.88. The zero-order valence-corrected chi connectivity index (χ0v) is 17.5. The van der Waals surface area contributed by atoms with Crippen molar-refractivity contribution < 1.29 is 24.0 Å². The molecule has 0 fully saturated rings. The zero-order chi connectivity index (χ0) is 22.4. The Morgan fingerprint density at radius 3 is 2.37 bits per heavy atom. The minimum atomic E-state index is -1.22. The summed E-state index contributed by atoms with van der Waals surface area (Å²) < 4.78 is 4.95. The van der Waals surface area contributed by atoms with Crippen LogP contribution < -0.4 is 10.6 Å². The van der Waals surface area contributed by atoms with Crippen LogP contribution in [0.1, 0.15) is 17.3 Å². The zero-order valence-electron chi connectivity index (χ0n) is 15.3. The van der Waals surface area contributed by atoms with E-state index >= 15 is 0 Å². The monoisotopic (exact) mass is 473 g/mol. The molecule has 30 heavy (non-hydrogen) atoms. The molecule has 0 radical (unpaired) electrons. The molecule has 158 valence electrons. The quantitative estimate of drug-likeness (QED) is 0.356. The van der Waals surface area contributed by atoms with Gasteiger partial charge in [-0.3, -0.25) is 24.5 Å². The second-order valence-corrected chi connectivity index (χ2v) is 7.08. The Bertz CT molecular complexity index is 1010. The van der Waals surface area contributed by atoms with E-state index in [0.29, 0.717) is 0 Å². The van der Waals surface area contributed by atoms with Crippen molar-refractivity contribution in [1.29, 1.82) is 0 Å². The number of non-ortho nitro benzene ring substituents is 1. The van der Waals surface area contributed by atoms with Crippen LogP contribution in [0.25, 0.3) is 0 Å². The lowest BCUT2D eigenvalue weighted by Gasteiger charge is -2.14. The summed E-state index contributed by atoms with van der Waals surface area (Å²) in [5, 5.41) is 15.8. The molecule has 1 unspecified atom stereocenters. The van der Waals surface area contributed by atoms with Gasteiger partial charge in [-0.05, 0) is 31.2 Å². The van der Waals surface area contributed by atoms with Gasteiger partial charge in [-0.25, -0.2) is 0 Å². The number of benzene rings is 2. The topological polar surface area (TPSA) is 128 Å². The number of nitro benzene ring substituents is 1. The first-order valence-electron chi connectivity index (χ1n) is 8.26. The van der Waals surface area contributed by atoms with Crippen molar-refractivity contribution in [3.8, 4) is 0 Å². The van der Waals surface area contributed by atoms with Gasteiger partial charge in [-0.15, -0.1) is 0 Å². The molecule has 0 saturated carbocycles. The van der Waals surface area contributed by atoms with E-state index in [1.54, 1.807) is 0 Å². The smallest absolute Gasteiger partial charge is 0.326 e. The number of rotatable bonds is 7. The molecule has 0 saturated heterocycles. The van der Waals surface area contributed by atoms with Crippen LogP contribution in [0.2, 0.25) is 15.1 Å². The number of carbonyl (C=O) groups is 3. The maximum absolute atomic E-state index is 12.2. The van der Waals surface area contributed by atoms with Crippen LogP contribution in [0.5, 0.6) is 0 Å². The van der Waals surface area contributed by atoms with Crippen LogP contribution in [-0.2, 0) is 14.3 Å². The molecule has 9 nitrogen and oxygen atoms in total. The van der Waals surface area contributed by atoms with Crippen LogP contribution in [-0.4, -0.2) is 35.4 Å². The molecule has 0 aliphatic heterocycles. The number of halogens is 3. The first kappa shape index (κ1) is 23.4. The molecule has 0 spiro atoms. The van der Waals surface area contributed by atoms with E-state index in [4.69, 9.17) is 39.5 Å². The Kier molecular flexibility index (Phi) is 7.99. The standard InChI is InChI=1S/C18H14Cl3N3O6/c1-9(17(26)23-15-5-3-11(24(28)29)7-14(15)21)30-16(25)8-22-18(27)10-2-4-12(19)13(20)6-10/h2-7,9H,8H2,1H3,(H,22,27)(H,23,26). The molecule has 0 bridgehead atoms. The number of ether oxygens (including phenoxy) is 1. The average molecular weight is 475 g/mol. The summed E-state index contributed by atoms with van der Waals surface area (Å²) in [6.07, 6.45) is -1.22. The van der Waals surface area contributed by atoms with Gasteiger partial charge in [-0.1, -0.05) is 34.8 Å². The predicted octanol–water partition coefficient (Wildman–Crippen LogP) is 3.86. The van der Waals surface area contributed by atoms with Crippen LogP contribution >= 0.6 is 34.8 Å². The van der Waals surface area contributed by atoms with Crippen molar-refractivity contribution in [1.82, 2.24) is 5.32 Å². The number of amides is 2. The summed E-state index contributed by atoms with van der Waals surface area (Å²) >= 11 is 17.5. The lowest BCUT2D eigenvalue weighted by Crippen LogP contribution is -2.35. The molecule has 0 aromatic heterocycles. The molecule has 2 aromatic carbocycles. The van der Waals surface area contributed by atoms with E-state index in [0.717, 1.165) is 12.1 Å². The minimum absolute atomic E-state index is 0.0510. The number of carbonyl (C=O) groups excluding carboxylic acids is 3. The number of hydrogen-bond acceptors (Lipinski definition) is 6. The molecule has 2 N–H and O–H groups in total. The summed E-state index contributed by atoms with van der Waals surface area (Å²) in [7, 11) is 0. The number of nitrogens with one attached hydrogen (secondary N) is 2.